The van der Waals surface area contributed by atoms with Gasteiger partial charge in [-0.25, -0.2) is 8.42 Å². The lowest BCUT2D eigenvalue weighted by Crippen LogP contribution is -2.49. The van der Waals surface area contributed by atoms with Gasteiger partial charge in [0.2, 0.25) is 10.0 Å². The van der Waals surface area contributed by atoms with Gasteiger partial charge in [0.05, 0.1) is 18.1 Å². The predicted molar refractivity (Wildman–Crippen MR) is 103 cm³/mol. The van der Waals surface area contributed by atoms with Crippen LogP contribution in [-0.2, 0) is 21.3 Å². The van der Waals surface area contributed by atoms with Gasteiger partial charge in [-0.2, -0.15) is 4.31 Å². The zero-order valence-electron chi connectivity index (χ0n) is 15.9. The number of hydrogen-bond donors (Lipinski definition) is 0. The maximum Gasteiger partial charge on any atom is 0.243 e. The molecule has 0 spiro atoms. The Labute approximate surface area is 157 Å². The summed E-state index contributed by atoms with van der Waals surface area (Å²) < 4.78 is 32.2. The van der Waals surface area contributed by atoms with E-state index in [0.29, 0.717) is 31.2 Å². The Balaban J connectivity index is 1.74. The number of hydrogen-bond acceptors (Lipinski definition) is 4. The third-order valence-electron chi connectivity index (χ3n) is 5.86. The van der Waals surface area contributed by atoms with E-state index in [9.17, 15) is 8.42 Å². The molecule has 0 radical (unpaired) electrons. The monoisotopic (exact) mass is 378 g/mol. The topological polar surface area (TPSA) is 49.9 Å². The lowest BCUT2D eigenvalue weighted by atomic mass is 9.83. The minimum Gasteiger partial charge on any atom is -0.379 e. The molecular formula is C20H30N2O3S. The van der Waals surface area contributed by atoms with Crippen LogP contribution in [0.4, 0.5) is 0 Å². The summed E-state index contributed by atoms with van der Waals surface area (Å²) >= 11 is 0. The zero-order valence-corrected chi connectivity index (χ0v) is 16.7. The number of ether oxygens (including phenoxy) is 1. The standard InChI is InChI=1S/C20H30N2O3S/c1-17(2)20(3)10-4-5-11-21(20)16-18-6-8-19(9-7-18)26(23,24)22-12-14-25-15-13-22/h6-9H,1,4-5,10-16H2,2-3H3. The van der Waals surface area contributed by atoms with E-state index in [1.807, 2.05) is 12.1 Å². The first-order valence-electron chi connectivity index (χ1n) is 9.42. The van der Waals surface area contributed by atoms with E-state index in [1.54, 1.807) is 12.1 Å². The molecule has 2 aliphatic heterocycles. The summed E-state index contributed by atoms with van der Waals surface area (Å²) in [4.78, 5) is 2.84. The summed E-state index contributed by atoms with van der Waals surface area (Å²) in [7, 11) is -3.42. The van der Waals surface area contributed by atoms with Crippen molar-refractivity contribution in [3.8, 4) is 0 Å². The summed E-state index contributed by atoms with van der Waals surface area (Å²) in [6.45, 7) is 12.2. The summed E-state index contributed by atoms with van der Waals surface area (Å²) in [5, 5.41) is 0. The Morgan fingerprint density at radius 3 is 2.42 bits per heavy atom. The molecule has 2 aliphatic rings. The number of sulfonamides is 1. The second kappa shape index (κ2) is 7.80. The molecule has 3 rings (SSSR count). The van der Waals surface area contributed by atoms with Crippen molar-refractivity contribution in [3.05, 3.63) is 42.0 Å². The molecule has 1 unspecified atom stereocenters. The molecule has 144 valence electrons. The van der Waals surface area contributed by atoms with E-state index in [0.717, 1.165) is 25.1 Å². The lowest BCUT2D eigenvalue weighted by Gasteiger charge is -2.45. The number of morpholine rings is 1. The molecule has 0 N–H and O–H groups in total. The summed E-state index contributed by atoms with van der Waals surface area (Å²) in [5.74, 6) is 0. The van der Waals surface area contributed by atoms with Crippen LogP contribution >= 0.6 is 0 Å². The summed E-state index contributed by atoms with van der Waals surface area (Å²) in [6, 6.07) is 7.37. The van der Waals surface area contributed by atoms with Crippen LogP contribution in [0.1, 0.15) is 38.7 Å². The third-order valence-corrected chi connectivity index (χ3v) is 7.78. The van der Waals surface area contributed by atoms with Crippen molar-refractivity contribution in [2.75, 3.05) is 32.8 Å². The van der Waals surface area contributed by atoms with E-state index >= 15 is 0 Å². The minimum absolute atomic E-state index is 0.0246. The van der Waals surface area contributed by atoms with E-state index in [4.69, 9.17) is 4.74 Å². The average molecular weight is 379 g/mol. The molecule has 26 heavy (non-hydrogen) atoms. The minimum atomic E-state index is -3.42. The van der Waals surface area contributed by atoms with Crippen LogP contribution in [0.5, 0.6) is 0 Å². The van der Waals surface area contributed by atoms with E-state index in [1.165, 1.54) is 22.7 Å². The van der Waals surface area contributed by atoms with Gasteiger partial charge in [-0.1, -0.05) is 30.7 Å². The summed E-state index contributed by atoms with van der Waals surface area (Å²) in [6.07, 6.45) is 3.56. The van der Waals surface area contributed by atoms with Crippen molar-refractivity contribution in [1.82, 2.24) is 9.21 Å². The van der Waals surface area contributed by atoms with E-state index < -0.39 is 10.0 Å². The maximum absolute atomic E-state index is 12.7. The molecule has 0 aliphatic carbocycles. The van der Waals surface area contributed by atoms with Gasteiger partial charge in [-0.05, 0) is 50.9 Å². The van der Waals surface area contributed by atoms with Crippen molar-refractivity contribution in [2.45, 2.75) is 50.1 Å². The molecule has 6 heteroatoms. The second-order valence-corrected chi connectivity index (χ2v) is 9.53. The first-order chi connectivity index (χ1) is 12.3. The highest BCUT2D eigenvalue weighted by atomic mass is 32.2. The van der Waals surface area contributed by atoms with Gasteiger partial charge in [0.25, 0.3) is 0 Å². The Bertz CT molecular complexity index is 739. The highest BCUT2D eigenvalue weighted by Gasteiger charge is 2.35. The number of piperidine rings is 1. The number of benzene rings is 1. The van der Waals surface area contributed by atoms with Crippen LogP contribution in [0.15, 0.2) is 41.3 Å². The Morgan fingerprint density at radius 1 is 1.15 bits per heavy atom. The van der Waals surface area contributed by atoms with Crippen LogP contribution in [0.2, 0.25) is 0 Å². The Hall–Kier alpha value is -1.21. The van der Waals surface area contributed by atoms with Crippen LogP contribution in [0.25, 0.3) is 0 Å². The maximum atomic E-state index is 12.7. The van der Waals surface area contributed by atoms with Crippen LogP contribution < -0.4 is 0 Å². The van der Waals surface area contributed by atoms with Gasteiger partial charge in [-0.3, -0.25) is 4.90 Å². The smallest absolute Gasteiger partial charge is 0.243 e. The van der Waals surface area contributed by atoms with Gasteiger partial charge in [0, 0.05) is 25.2 Å². The molecule has 0 saturated carbocycles. The third kappa shape index (κ3) is 3.88. The lowest BCUT2D eigenvalue weighted by molar-refractivity contribution is 0.0730. The number of rotatable bonds is 5. The van der Waals surface area contributed by atoms with Crippen molar-refractivity contribution in [1.29, 1.82) is 0 Å². The molecule has 5 nitrogen and oxygen atoms in total. The first-order valence-corrected chi connectivity index (χ1v) is 10.9. The molecule has 1 aromatic carbocycles. The van der Waals surface area contributed by atoms with E-state index in [-0.39, 0.29) is 5.54 Å². The SMILES string of the molecule is C=C(C)C1(C)CCCCN1Cc1ccc(S(=O)(=O)N2CCOCC2)cc1. The Morgan fingerprint density at radius 2 is 1.81 bits per heavy atom. The number of likely N-dealkylation sites (tertiary alicyclic amines) is 1. The van der Waals surface area contributed by atoms with Crippen LogP contribution in [0.3, 0.4) is 0 Å². The van der Waals surface area contributed by atoms with Crippen molar-refractivity contribution in [2.24, 2.45) is 0 Å². The predicted octanol–water partition coefficient (Wildman–Crippen LogP) is 3.03. The molecule has 0 bridgehead atoms. The largest absolute Gasteiger partial charge is 0.379 e. The van der Waals surface area contributed by atoms with Crippen LogP contribution in [0, 0.1) is 0 Å². The fraction of sp³-hybridized carbons (Fsp3) is 0.600. The van der Waals surface area contributed by atoms with E-state index in [2.05, 4.69) is 25.3 Å². The van der Waals surface area contributed by atoms with Crippen molar-refractivity contribution >= 4 is 10.0 Å². The fourth-order valence-electron chi connectivity index (χ4n) is 3.84. The molecule has 2 fully saturated rings. The van der Waals surface area contributed by atoms with Gasteiger partial charge >= 0.3 is 0 Å². The van der Waals surface area contributed by atoms with Crippen molar-refractivity contribution < 1.29 is 13.2 Å². The number of nitrogens with zero attached hydrogens (tertiary/aromatic N) is 2. The normalized spacial score (nSPS) is 25.9. The molecular weight excluding hydrogens is 348 g/mol. The van der Waals surface area contributed by atoms with Crippen LogP contribution in [-0.4, -0.2) is 56.0 Å². The molecule has 1 atom stereocenters. The fourth-order valence-corrected chi connectivity index (χ4v) is 5.24. The van der Waals surface area contributed by atoms with Gasteiger partial charge < -0.3 is 4.74 Å². The average Bonchev–Trinajstić information content (AvgIpc) is 2.65. The highest BCUT2D eigenvalue weighted by molar-refractivity contribution is 7.89. The van der Waals surface area contributed by atoms with Gasteiger partial charge in [0.1, 0.15) is 0 Å². The molecule has 2 saturated heterocycles. The second-order valence-electron chi connectivity index (χ2n) is 7.59. The first kappa shape index (κ1) is 19.5. The molecule has 0 aromatic heterocycles. The quantitative estimate of drug-likeness (QED) is 0.739. The highest BCUT2D eigenvalue weighted by Crippen LogP contribution is 2.34. The molecule has 0 amide bonds. The molecule has 1 aromatic rings. The van der Waals surface area contributed by atoms with Gasteiger partial charge in [0.15, 0.2) is 0 Å². The zero-order chi connectivity index (χ0) is 18.8. The molecule has 2 heterocycles. The summed E-state index contributed by atoms with van der Waals surface area (Å²) in [5.41, 5.74) is 2.36. The van der Waals surface area contributed by atoms with Crippen molar-refractivity contribution in [3.63, 3.8) is 0 Å². The van der Waals surface area contributed by atoms with Gasteiger partial charge in [-0.15, -0.1) is 0 Å². The Kier molecular flexibility index (Phi) is 5.87.